The molecule has 1 aromatic rings. The molecule has 0 unspecified atom stereocenters. The van der Waals surface area contributed by atoms with E-state index in [2.05, 4.69) is 31.0 Å². The molecule has 1 N–H and O–H groups in total. The fourth-order valence-corrected chi connectivity index (χ4v) is 7.54. The van der Waals surface area contributed by atoms with Gasteiger partial charge in [-0.25, -0.2) is 0 Å². The zero-order valence-electron chi connectivity index (χ0n) is 16.3. The molecule has 4 aliphatic carbocycles. The fraction of sp³-hybridized carbons (Fsp3) is 0.682. The Morgan fingerprint density at radius 2 is 1.68 bits per heavy atom. The third kappa shape index (κ3) is 3.76. The number of benzene rings is 1. The number of anilines is 1. The first-order chi connectivity index (χ1) is 13.5. The predicted octanol–water partition coefficient (Wildman–Crippen LogP) is 4.63. The van der Waals surface area contributed by atoms with Gasteiger partial charge in [-0.3, -0.25) is 14.6 Å². The molecule has 0 spiro atoms. The molecule has 1 heterocycles. The lowest BCUT2D eigenvalue weighted by molar-refractivity contribution is -0.120. The molecule has 1 aromatic carbocycles. The fourth-order valence-electron chi connectivity index (χ4n) is 6.82. The topological polar surface area (TPSA) is 35.6 Å². The second-order valence-corrected chi connectivity index (χ2v) is 10.9. The van der Waals surface area contributed by atoms with Gasteiger partial charge in [-0.15, -0.1) is 0 Å². The lowest BCUT2D eigenvalue weighted by Gasteiger charge is -2.61. The van der Waals surface area contributed by atoms with E-state index in [0.717, 1.165) is 48.4 Å². The maximum atomic E-state index is 12.5. The molecule has 1 amide bonds. The molecule has 6 rings (SSSR count). The number of carbonyl (C=O) groups is 1. The molecule has 5 aliphatic rings. The van der Waals surface area contributed by atoms with Crippen molar-refractivity contribution in [2.24, 2.45) is 17.8 Å². The van der Waals surface area contributed by atoms with Crippen LogP contribution in [0.25, 0.3) is 0 Å². The minimum atomic E-state index is 0.0208. The maximum Gasteiger partial charge on any atom is 0.238 e. The number of hydrogen-bond acceptors (Lipinski definition) is 3. The van der Waals surface area contributed by atoms with Crippen LogP contribution >= 0.6 is 27.5 Å². The minimum absolute atomic E-state index is 0.0208. The van der Waals surface area contributed by atoms with Crippen molar-refractivity contribution in [3.8, 4) is 0 Å². The Hall–Kier alpha value is -0.620. The van der Waals surface area contributed by atoms with Gasteiger partial charge in [0, 0.05) is 36.2 Å². The predicted molar refractivity (Wildman–Crippen MR) is 117 cm³/mol. The van der Waals surface area contributed by atoms with Crippen molar-refractivity contribution in [2.75, 3.05) is 38.0 Å². The third-order valence-corrected chi connectivity index (χ3v) is 8.43. The van der Waals surface area contributed by atoms with Gasteiger partial charge >= 0.3 is 0 Å². The molecule has 1 saturated heterocycles. The molecule has 0 aromatic heterocycles. The van der Waals surface area contributed by atoms with Gasteiger partial charge in [-0.05, 0) is 74.5 Å². The summed E-state index contributed by atoms with van der Waals surface area (Å²) in [4.78, 5) is 17.6. The highest BCUT2D eigenvalue weighted by Gasteiger charge is 2.53. The van der Waals surface area contributed by atoms with Crippen molar-refractivity contribution < 1.29 is 4.79 Å². The van der Waals surface area contributed by atoms with E-state index < -0.39 is 0 Å². The zero-order valence-corrected chi connectivity index (χ0v) is 18.6. The minimum Gasteiger partial charge on any atom is -0.324 e. The van der Waals surface area contributed by atoms with Crippen LogP contribution in [0.5, 0.6) is 0 Å². The van der Waals surface area contributed by atoms with E-state index in [9.17, 15) is 4.79 Å². The van der Waals surface area contributed by atoms with E-state index in [1.807, 2.05) is 12.1 Å². The molecule has 1 aliphatic heterocycles. The number of hydrogen-bond donors (Lipinski definition) is 1. The van der Waals surface area contributed by atoms with Crippen LogP contribution in [0, 0.1) is 17.8 Å². The average molecular weight is 467 g/mol. The first-order valence-electron chi connectivity index (χ1n) is 10.7. The molecule has 4 saturated carbocycles. The van der Waals surface area contributed by atoms with Crippen molar-refractivity contribution >= 4 is 39.1 Å². The number of piperazine rings is 1. The number of halogens is 2. The summed E-state index contributed by atoms with van der Waals surface area (Å²) in [6.45, 7) is 4.64. The Morgan fingerprint density at radius 1 is 1.07 bits per heavy atom. The van der Waals surface area contributed by atoms with Gasteiger partial charge in [0.05, 0.1) is 17.3 Å². The van der Waals surface area contributed by atoms with Crippen LogP contribution in [0.1, 0.15) is 38.5 Å². The Labute approximate surface area is 181 Å². The first kappa shape index (κ1) is 19.3. The molecule has 28 heavy (non-hydrogen) atoms. The monoisotopic (exact) mass is 465 g/mol. The van der Waals surface area contributed by atoms with Gasteiger partial charge in [-0.1, -0.05) is 27.5 Å². The highest BCUT2D eigenvalue weighted by atomic mass is 79.9. The van der Waals surface area contributed by atoms with Gasteiger partial charge in [0.25, 0.3) is 0 Å². The van der Waals surface area contributed by atoms with Gasteiger partial charge in [0.2, 0.25) is 5.91 Å². The van der Waals surface area contributed by atoms with Crippen LogP contribution in [-0.2, 0) is 4.79 Å². The van der Waals surface area contributed by atoms with Crippen LogP contribution in [0.3, 0.4) is 0 Å². The Bertz CT molecular complexity index is 727. The molecule has 4 bridgehead atoms. The number of nitrogens with zero attached hydrogens (tertiary/aromatic N) is 2. The molecular weight excluding hydrogens is 438 g/mol. The standard InChI is InChI=1S/C22H29BrClN3O/c23-18-1-2-20(19(24)10-18)25-21(28)14-26-3-5-27(6-4-26)22-11-15-7-16(12-22)9-17(8-15)13-22/h1-2,10,15-17H,3-9,11-14H2,(H,25,28). The van der Waals surface area contributed by atoms with E-state index in [-0.39, 0.29) is 5.91 Å². The van der Waals surface area contributed by atoms with Crippen LogP contribution in [0.4, 0.5) is 5.69 Å². The lowest BCUT2D eigenvalue weighted by Crippen LogP contribution is -2.64. The lowest BCUT2D eigenvalue weighted by atomic mass is 9.52. The summed E-state index contributed by atoms with van der Waals surface area (Å²) in [7, 11) is 0. The summed E-state index contributed by atoms with van der Waals surface area (Å²) in [5.74, 6) is 3.00. The highest BCUT2D eigenvalue weighted by Crippen LogP contribution is 2.57. The summed E-state index contributed by atoms with van der Waals surface area (Å²) in [6.07, 6.45) is 8.79. The number of amides is 1. The number of nitrogens with one attached hydrogen (secondary N) is 1. The zero-order chi connectivity index (χ0) is 19.3. The van der Waals surface area contributed by atoms with E-state index in [1.165, 1.54) is 38.5 Å². The SMILES string of the molecule is O=C(CN1CCN(C23CC4CC(CC(C4)C2)C3)CC1)Nc1ccc(Br)cc1Cl. The van der Waals surface area contributed by atoms with E-state index in [4.69, 9.17) is 11.6 Å². The van der Waals surface area contributed by atoms with Gasteiger partial charge in [0.1, 0.15) is 0 Å². The molecular formula is C22H29BrClN3O. The van der Waals surface area contributed by atoms with E-state index in [1.54, 1.807) is 6.07 Å². The Kier molecular flexibility index (Phi) is 5.23. The second kappa shape index (κ2) is 7.57. The van der Waals surface area contributed by atoms with Crippen LogP contribution < -0.4 is 5.32 Å². The van der Waals surface area contributed by atoms with Crippen LogP contribution in [0.2, 0.25) is 5.02 Å². The summed E-state index contributed by atoms with van der Waals surface area (Å²) in [5.41, 5.74) is 1.18. The van der Waals surface area contributed by atoms with Gasteiger partial charge in [-0.2, -0.15) is 0 Å². The summed E-state index contributed by atoms with van der Waals surface area (Å²) in [5, 5.41) is 3.52. The van der Waals surface area contributed by atoms with Crippen LogP contribution in [-0.4, -0.2) is 54.0 Å². The van der Waals surface area contributed by atoms with Crippen molar-refractivity contribution in [3.05, 3.63) is 27.7 Å². The van der Waals surface area contributed by atoms with E-state index in [0.29, 0.717) is 22.8 Å². The van der Waals surface area contributed by atoms with Gasteiger partial charge in [0.15, 0.2) is 0 Å². The third-order valence-electron chi connectivity index (χ3n) is 7.62. The largest absolute Gasteiger partial charge is 0.324 e. The molecule has 6 heteroatoms. The quantitative estimate of drug-likeness (QED) is 0.703. The molecule has 0 atom stereocenters. The Morgan fingerprint density at radius 3 is 2.25 bits per heavy atom. The van der Waals surface area contributed by atoms with Gasteiger partial charge < -0.3 is 5.32 Å². The summed E-state index contributed by atoms with van der Waals surface area (Å²) < 4.78 is 0.913. The summed E-state index contributed by atoms with van der Waals surface area (Å²) in [6, 6.07) is 5.54. The molecule has 5 fully saturated rings. The highest BCUT2D eigenvalue weighted by molar-refractivity contribution is 9.10. The average Bonchev–Trinajstić information content (AvgIpc) is 2.63. The second-order valence-electron chi connectivity index (χ2n) is 9.58. The number of rotatable bonds is 4. The van der Waals surface area contributed by atoms with Crippen molar-refractivity contribution in [1.29, 1.82) is 0 Å². The van der Waals surface area contributed by atoms with Crippen LogP contribution in [0.15, 0.2) is 22.7 Å². The maximum absolute atomic E-state index is 12.5. The molecule has 0 radical (unpaired) electrons. The van der Waals surface area contributed by atoms with Crippen molar-refractivity contribution in [2.45, 2.75) is 44.1 Å². The number of carbonyl (C=O) groups excluding carboxylic acids is 1. The van der Waals surface area contributed by atoms with Crippen molar-refractivity contribution in [3.63, 3.8) is 0 Å². The molecule has 4 nitrogen and oxygen atoms in total. The molecule has 152 valence electrons. The summed E-state index contributed by atoms with van der Waals surface area (Å²) >= 11 is 9.62. The van der Waals surface area contributed by atoms with Crippen molar-refractivity contribution in [1.82, 2.24) is 9.80 Å². The normalized spacial score (nSPS) is 35.3. The first-order valence-corrected chi connectivity index (χ1v) is 11.9. The smallest absolute Gasteiger partial charge is 0.238 e. The Balaban J connectivity index is 1.15. The van der Waals surface area contributed by atoms with E-state index >= 15 is 0 Å².